The van der Waals surface area contributed by atoms with E-state index >= 15 is 0 Å². The number of pyridine rings is 1. The van der Waals surface area contributed by atoms with E-state index in [4.69, 9.17) is 0 Å². The molecule has 2 N–H and O–H groups in total. The molecule has 2 heterocycles. The summed E-state index contributed by atoms with van der Waals surface area (Å²) in [4.78, 5) is 5.87. The minimum atomic E-state index is 0.894. The van der Waals surface area contributed by atoms with Gasteiger partial charge in [0.25, 0.3) is 0 Å². The first-order valence-corrected chi connectivity index (χ1v) is 6.73. The Labute approximate surface area is 106 Å². The molecular weight excluding hydrogens is 230 g/mol. The fourth-order valence-electron chi connectivity index (χ4n) is 1.58. The molecule has 0 saturated carbocycles. The van der Waals surface area contributed by atoms with Crippen molar-refractivity contribution in [3.8, 4) is 0 Å². The van der Waals surface area contributed by atoms with E-state index in [-0.39, 0.29) is 0 Å². The van der Waals surface area contributed by atoms with Crippen LogP contribution >= 0.6 is 11.3 Å². The Morgan fingerprint density at radius 3 is 2.65 bits per heavy atom. The maximum atomic E-state index is 4.46. The highest BCUT2D eigenvalue weighted by atomic mass is 32.1. The molecule has 17 heavy (non-hydrogen) atoms. The fourth-order valence-corrected chi connectivity index (χ4v) is 2.29. The summed E-state index contributed by atoms with van der Waals surface area (Å²) in [5, 5.41) is 8.65. The van der Waals surface area contributed by atoms with Crippen molar-refractivity contribution in [1.29, 1.82) is 0 Å². The van der Waals surface area contributed by atoms with Gasteiger partial charge in [-0.1, -0.05) is 12.1 Å². The highest BCUT2D eigenvalue weighted by Crippen LogP contribution is 2.11. The number of aromatic nitrogens is 1. The first-order chi connectivity index (χ1) is 8.38. The van der Waals surface area contributed by atoms with Gasteiger partial charge >= 0.3 is 0 Å². The molecule has 2 rings (SSSR count). The van der Waals surface area contributed by atoms with E-state index in [0.717, 1.165) is 31.1 Å². The van der Waals surface area contributed by atoms with Gasteiger partial charge in [-0.25, -0.2) is 4.98 Å². The molecule has 0 radical (unpaired) electrons. The van der Waals surface area contributed by atoms with Crippen molar-refractivity contribution in [3.05, 3.63) is 40.6 Å². The molecule has 0 atom stereocenters. The third-order valence-corrected chi connectivity index (χ3v) is 3.30. The van der Waals surface area contributed by atoms with Crippen LogP contribution < -0.4 is 10.6 Å². The molecule has 0 spiro atoms. The van der Waals surface area contributed by atoms with Crippen LogP contribution in [0.2, 0.25) is 0 Å². The predicted octanol–water partition coefficient (Wildman–Crippen LogP) is 3.23. The molecule has 0 aromatic carbocycles. The average molecular weight is 247 g/mol. The van der Waals surface area contributed by atoms with E-state index in [1.54, 1.807) is 11.3 Å². The number of anilines is 2. The second-order valence-electron chi connectivity index (χ2n) is 3.69. The van der Waals surface area contributed by atoms with Gasteiger partial charge in [-0.2, -0.15) is 0 Å². The monoisotopic (exact) mass is 247 g/mol. The van der Waals surface area contributed by atoms with Gasteiger partial charge in [-0.15, -0.1) is 11.3 Å². The van der Waals surface area contributed by atoms with Crippen LogP contribution in [0.3, 0.4) is 0 Å². The van der Waals surface area contributed by atoms with Gasteiger partial charge < -0.3 is 10.6 Å². The zero-order chi connectivity index (χ0) is 11.9. The quantitative estimate of drug-likeness (QED) is 0.823. The first kappa shape index (κ1) is 11.9. The molecule has 0 unspecified atom stereocenters. The summed E-state index contributed by atoms with van der Waals surface area (Å²) in [6, 6.07) is 10.2. The molecule has 0 fully saturated rings. The SMILES string of the molecule is CCNc1cccc(NCCc2cccs2)n1. The topological polar surface area (TPSA) is 37.0 Å². The fraction of sp³-hybridized carbons (Fsp3) is 0.308. The van der Waals surface area contributed by atoms with Crippen LogP contribution in [-0.2, 0) is 6.42 Å². The second kappa shape index (κ2) is 6.25. The summed E-state index contributed by atoms with van der Waals surface area (Å²) < 4.78 is 0. The number of rotatable bonds is 6. The Kier molecular flexibility index (Phi) is 4.38. The summed E-state index contributed by atoms with van der Waals surface area (Å²) >= 11 is 1.80. The lowest BCUT2D eigenvalue weighted by Crippen LogP contribution is -2.07. The highest BCUT2D eigenvalue weighted by molar-refractivity contribution is 7.09. The molecule has 2 aromatic rings. The lowest BCUT2D eigenvalue weighted by atomic mass is 10.3. The van der Waals surface area contributed by atoms with Crippen LogP contribution in [0, 0.1) is 0 Å². The van der Waals surface area contributed by atoms with Gasteiger partial charge in [0.05, 0.1) is 0 Å². The van der Waals surface area contributed by atoms with Gasteiger partial charge in [0.2, 0.25) is 0 Å². The van der Waals surface area contributed by atoms with Gasteiger partial charge in [0.15, 0.2) is 0 Å². The molecule has 4 heteroatoms. The van der Waals surface area contributed by atoms with E-state index in [9.17, 15) is 0 Å². The molecule has 0 saturated heterocycles. The van der Waals surface area contributed by atoms with Gasteiger partial charge in [-0.05, 0) is 36.9 Å². The maximum Gasteiger partial charge on any atom is 0.128 e. The Hall–Kier alpha value is -1.55. The largest absolute Gasteiger partial charge is 0.370 e. The Bertz CT molecular complexity index is 440. The Morgan fingerprint density at radius 2 is 1.94 bits per heavy atom. The molecule has 0 amide bonds. The summed E-state index contributed by atoms with van der Waals surface area (Å²) in [5.41, 5.74) is 0. The number of thiophene rings is 1. The third-order valence-electron chi connectivity index (χ3n) is 2.36. The summed E-state index contributed by atoms with van der Waals surface area (Å²) in [7, 11) is 0. The summed E-state index contributed by atoms with van der Waals surface area (Å²) in [5.74, 6) is 1.86. The van der Waals surface area contributed by atoms with Crippen molar-refractivity contribution in [3.63, 3.8) is 0 Å². The van der Waals surface area contributed by atoms with Crippen LogP contribution in [0.1, 0.15) is 11.8 Å². The standard InChI is InChI=1S/C13H17N3S/c1-2-14-12-6-3-7-13(16-12)15-9-8-11-5-4-10-17-11/h3-7,10H,2,8-9H2,1H3,(H2,14,15,16). The van der Waals surface area contributed by atoms with Crippen LogP contribution in [0.4, 0.5) is 11.6 Å². The second-order valence-corrected chi connectivity index (χ2v) is 4.73. The van der Waals surface area contributed by atoms with Gasteiger partial charge in [0.1, 0.15) is 11.6 Å². The predicted molar refractivity (Wildman–Crippen MR) is 74.9 cm³/mol. The molecular formula is C13H17N3S. The van der Waals surface area contributed by atoms with Crippen molar-refractivity contribution in [2.75, 3.05) is 23.7 Å². The van der Waals surface area contributed by atoms with Crippen molar-refractivity contribution in [1.82, 2.24) is 4.98 Å². The van der Waals surface area contributed by atoms with Crippen LogP contribution in [0.25, 0.3) is 0 Å². The smallest absolute Gasteiger partial charge is 0.128 e. The van der Waals surface area contributed by atoms with E-state index in [1.165, 1.54) is 4.88 Å². The molecule has 0 aliphatic carbocycles. The molecule has 0 aliphatic heterocycles. The van der Waals surface area contributed by atoms with Gasteiger partial charge in [0, 0.05) is 18.0 Å². The van der Waals surface area contributed by atoms with Crippen LogP contribution in [0.15, 0.2) is 35.7 Å². The Balaban J connectivity index is 1.84. The van der Waals surface area contributed by atoms with Crippen LogP contribution in [-0.4, -0.2) is 18.1 Å². The lowest BCUT2D eigenvalue weighted by molar-refractivity contribution is 1.03. The maximum absolute atomic E-state index is 4.46. The van der Waals surface area contributed by atoms with Gasteiger partial charge in [-0.3, -0.25) is 0 Å². The molecule has 2 aromatic heterocycles. The summed E-state index contributed by atoms with van der Waals surface area (Å²) in [6.07, 6.45) is 1.05. The Morgan fingerprint density at radius 1 is 1.12 bits per heavy atom. The third kappa shape index (κ3) is 3.75. The molecule has 0 aliphatic rings. The lowest BCUT2D eigenvalue weighted by Gasteiger charge is -2.07. The first-order valence-electron chi connectivity index (χ1n) is 5.85. The zero-order valence-corrected chi connectivity index (χ0v) is 10.8. The zero-order valence-electron chi connectivity index (χ0n) is 9.94. The van der Waals surface area contributed by atoms with E-state index in [0.29, 0.717) is 0 Å². The number of nitrogens with one attached hydrogen (secondary N) is 2. The number of nitrogens with zero attached hydrogens (tertiary/aromatic N) is 1. The average Bonchev–Trinajstić information content (AvgIpc) is 2.83. The van der Waals surface area contributed by atoms with Crippen molar-refractivity contribution < 1.29 is 0 Å². The van der Waals surface area contributed by atoms with Crippen molar-refractivity contribution >= 4 is 23.0 Å². The number of hydrogen-bond donors (Lipinski definition) is 2. The molecule has 90 valence electrons. The minimum absolute atomic E-state index is 0.894. The molecule has 3 nitrogen and oxygen atoms in total. The van der Waals surface area contributed by atoms with E-state index in [2.05, 4.69) is 40.1 Å². The van der Waals surface area contributed by atoms with Crippen molar-refractivity contribution in [2.45, 2.75) is 13.3 Å². The van der Waals surface area contributed by atoms with Crippen LogP contribution in [0.5, 0.6) is 0 Å². The highest BCUT2D eigenvalue weighted by Gasteiger charge is 1.97. The normalized spacial score (nSPS) is 10.2. The number of hydrogen-bond acceptors (Lipinski definition) is 4. The molecule has 0 bridgehead atoms. The van der Waals surface area contributed by atoms with E-state index in [1.807, 2.05) is 18.2 Å². The van der Waals surface area contributed by atoms with E-state index < -0.39 is 0 Å². The van der Waals surface area contributed by atoms with Crippen molar-refractivity contribution in [2.24, 2.45) is 0 Å². The summed E-state index contributed by atoms with van der Waals surface area (Å²) in [6.45, 7) is 3.88. The minimum Gasteiger partial charge on any atom is -0.370 e.